The van der Waals surface area contributed by atoms with Crippen LogP contribution in [0.1, 0.15) is 30.6 Å². The highest BCUT2D eigenvalue weighted by molar-refractivity contribution is 5.94. The number of hydrogen-bond acceptors (Lipinski definition) is 3. The van der Waals surface area contributed by atoms with E-state index in [0.717, 1.165) is 0 Å². The first-order valence-electron chi connectivity index (χ1n) is 6.83. The summed E-state index contributed by atoms with van der Waals surface area (Å²) in [5.41, 5.74) is 0.578. The van der Waals surface area contributed by atoms with Crippen molar-refractivity contribution in [3.05, 3.63) is 35.9 Å². The number of carbonyl (C=O) groups excluding carboxylic acids is 2. The van der Waals surface area contributed by atoms with Gasteiger partial charge in [-0.1, -0.05) is 18.2 Å². The van der Waals surface area contributed by atoms with Gasteiger partial charge in [-0.05, 0) is 26.0 Å². The molecule has 0 spiro atoms. The Morgan fingerprint density at radius 1 is 1.30 bits per heavy atom. The number of likely N-dealkylation sites (N-methyl/N-ethyl adjacent to an activating group) is 1. The minimum Gasteiger partial charge on any atom is -0.395 e. The standard InChI is InChI=1S/C15H22N2O3/c1-3-17(9-10-18)14(19)11-12(2)16-15(20)13-7-5-4-6-8-13/h4-8,12,18H,3,9-11H2,1-2H3,(H,16,20). The van der Waals surface area contributed by atoms with E-state index in [1.165, 1.54) is 0 Å². The zero-order valence-corrected chi connectivity index (χ0v) is 12.0. The molecule has 20 heavy (non-hydrogen) atoms. The first-order chi connectivity index (χ1) is 9.58. The molecule has 0 saturated carbocycles. The van der Waals surface area contributed by atoms with E-state index in [-0.39, 0.29) is 30.9 Å². The lowest BCUT2D eigenvalue weighted by Crippen LogP contribution is -2.40. The highest BCUT2D eigenvalue weighted by Gasteiger charge is 2.16. The van der Waals surface area contributed by atoms with E-state index in [2.05, 4.69) is 5.32 Å². The van der Waals surface area contributed by atoms with Crippen molar-refractivity contribution in [3.8, 4) is 0 Å². The van der Waals surface area contributed by atoms with Crippen molar-refractivity contribution >= 4 is 11.8 Å². The first kappa shape index (κ1) is 16.2. The number of nitrogens with one attached hydrogen (secondary N) is 1. The van der Waals surface area contributed by atoms with Crippen LogP contribution in [0.15, 0.2) is 30.3 Å². The minimum atomic E-state index is -0.247. The van der Waals surface area contributed by atoms with Gasteiger partial charge in [0.15, 0.2) is 0 Å². The summed E-state index contributed by atoms with van der Waals surface area (Å²) in [6.07, 6.45) is 0.229. The van der Waals surface area contributed by atoms with Gasteiger partial charge in [-0.25, -0.2) is 0 Å². The largest absolute Gasteiger partial charge is 0.395 e. The number of aliphatic hydroxyl groups excluding tert-OH is 1. The Hall–Kier alpha value is -1.88. The van der Waals surface area contributed by atoms with Crippen molar-refractivity contribution in [3.63, 3.8) is 0 Å². The fourth-order valence-corrected chi connectivity index (χ4v) is 1.92. The normalized spacial score (nSPS) is 11.8. The SMILES string of the molecule is CCN(CCO)C(=O)CC(C)NC(=O)c1ccccc1. The summed E-state index contributed by atoms with van der Waals surface area (Å²) in [6.45, 7) is 4.49. The second-order valence-corrected chi connectivity index (χ2v) is 4.64. The maximum absolute atomic E-state index is 12.0. The molecule has 0 aliphatic carbocycles. The summed E-state index contributed by atoms with van der Waals surface area (Å²) in [4.78, 5) is 25.5. The van der Waals surface area contributed by atoms with Crippen molar-refractivity contribution in [2.75, 3.05) is 19.7 Å². The van der Waals surface area contributed by atoms with Gasteiger partial charge in [-0.15, -0.1) is 0 Å². The molecular formula is C15H22N2O3. The van der Waals surface area contributed by atoms with Gasteiger partial charge in [0.2, 0.25) is 5.91 Å². The monoisotopic (exact) mass is 278 g/mol. The average Bonchev–Trinajstić information content (AvgIpc) is 2.45. The van der Waals surface area contributed by atoms with E-state index in [1.54, 1.807) is 36.1 Å². The van der Waals surface area contributed by atoms with Crippen LogP contribution in [-0.2, 0) is 4.79 Å². The third-order valence-electron chi connectivity index (χ3n) is 3.00. The molecule has 0 aliphatic rings. The smallest absolute Gasteiger partial charge is 0.251 e. The highest BCUT2D eigenvalue weighted by atomic mass is 16.3. The van der Waals surface area contributed by atoms with Gasteiger partial charge in [0.25, 0.3) is 5.91 Å². The average molecular weight is 278 g/mol. The van der Waals surface area contributed by atoms with Crippen molar-refractivity contribution in [1.82, 2.24) is 10.2 Å². The number of rotatable bonds is 7. The molecule has 1 atom stereocenters. The fraction of sp³-hybridized carbons (Fsp3) is 0.467. The van der Waals surface area contributed by atoms with Gasteiger partial charge in [-0.3, -0.25) is 9.59 Å². The molecule has 5 heteroatoms. The molecule has 110 valence electrons. The summed E-state index contributed by atoms with van der Waals surface area (Å²) in [5.74, 6) is -0.251. The molecule has 0 aromatic heterocycles. The van der Waals surface area contributed by atoms with Crippen LogP contribution in [0.4, 0.5) is 0 Å². The van der Waals surface area contributed by atoms with Gasteiger partial charge in [-0.2, -0.15) is 0 Å². The molecule has 0 saturated heterocycles. The Morgan fingerprint density at radius 3 is 2.50 bits per heavy atom. The van der Waals surface area contributed by atoms with E-state index < -0.39 is 0 Å². The molecular weight excluding hydrogens is 256 g/mol. The Labute approximate surface area is 119 Å². The van der Waals surface area contributed by atoms with Crippen LogP contribution < -0.4 is 5.32 Å². The molecule has 5 nitrogen and oxygen atoms in total. The van der Waals surface area contributed by atoms with E-state index in [1.807, 2.05) is 13.0 Å². The molecule has 2 N–H and O–H groups in total. The van der Waals surface area contributed by atoms with Gasteiger partial charge in [0.1, 0.15) is 0 Å². The molecule has 0 radical (unpaired) electrons. The van der Waals surface area contributed by atoms with Gasteiger partial charge in [0.05, 0.1) is 6.61 Å². The van der Waals surface area contributed by atoms with E-state index >= 15 is 0 Å². The number of benzene rings is 1. The third-order valence-corrected chi connectivity index (χ3v) is 3.00. The van der Waals surface area contributed by atoms with E-state index in [0.29, 0.717) is 18.7 Å². The summed E-state index contributed by atoms with van der Waals surface area (Å²) in [7, 11) is 0. The number of nitrogens with zero attached hydrogens (tertiary/aromatic N) is 1. The minimum absolute atomic E-state index is 0.0513. The van der Waals surface area contributed by atoms with Gasteiger partial charge < -0.3 is 15.3 Å². The van der Waals surface area contributed by atoms with Crippen molar-refractivity contribution < 1.29 is 14.7 Å². The number of carbonyl (C=O) groups is 2. The Bertz CT molecular complexity index is 434. The first-order valence-corrected chi connectivity index (χ1v) is 6.83. The summed E-state index contributed by atoms with van der Waals surface area (Å²) in [5, 5.41) is 11.7. The number of aliphatic hydroxyl groups is 1. The lowest BCUT2D eigenvalue weighted by molar-refractivity contribution is -0.131. The zero-order chi connectivity index (χ0) is 15.0. The van der Waals surface area contributed by atoms with Crippen LogP contribution in [0.25, 0.3) is 0 Å². The summed E-state index contributed by atoms with van der Waals surface area (Å²) < 4.78 is 0. The molecule has 2 amide bonds. The molecule has 0 aliphatic heterocycles. The Morgan fingerprint density at radius 2 is 1.95 bits per heavy atom. The van der Waals surface area contributed by atoms with Crippen LogP contribution >= 0.6 is 0 Å². The van der Waals surface area contributed by atoms with Crippen molar-refractivity contribution in [1.29, 1.82) is 0 Å². The van der Waals surface area contributed by atoms with Crippen LogP contribution in [-0.4, -0.2) is 47.6 Å². The van der Waals surface area contributed by atoms with Gasteiger partial charge in [0, 0.05) is 31.1 Å². The second kappa shape index (κ2) is 8.32. The van der Waals surface area contributed by atoms with Gasteiger partial charge >= 0.3 is 0 Å². The second-order valence-electron chi connectivity index (χ2n) is 4.64. The predicted molar refractivity (Wildman–Crippen MR) is 77.3 cm³/mol. The zero-order valence-electron chi connectivity index (χ0n) is 12.0. The lowest BCUT2D eigenvalue weighted by Gasteiger charge is -2.22. The maximum atomic E-state index is 12.0. The van der Waals surface area contributed by atoms with Crippen LogP contribution in [0.3, 0.4) is 0 Å². The fourth-order valence-electron chi connectivity index (χ4n) is 1.92. The molecule has 0 heterocycles. The molecule has 1 aromatic carbocycles. The number of amides is 2. The van der Waals surface area contributed by atoms with Crippen LogP contribution in [0, 0.1) is 0 Å². The maximum Gasteiger partial charge on any atom is 0.251 e. The highest BCUT2D eigenvalue weighted by Crippen LogP contribution is 2.02. The summed E-state index contributed by atoms with van der Waals surface area (Å²) in [6, 6.07) is 8.65. The molecule has 1 rings (SSSR count). The van der Waals surface area contributed by atoms with E-state index in [4.69, 9.17) is 5.11 Å². The van der Waals surface area contributed by atoms with Crippen molar-refractivity contribution in [2.24, 2.45) is 0 Å². The number of hydrogen-bond donors (Lipinski definition) is 2. The van der Waals surface area contributed by atoms with Crippen LogP contribution in [0.2, 0.25) is 0 Å². The lowest BCUT2D eigenvalue weighted by atomic mass is 10.1. The molecule has 0 fully saturated rings. The molecule has 0 bridgehead atoms. The Balaban J connectivity index is 2.49. The summed E-state index contributed by atoms with van der Waals surface area (Å²) >= 11 is 0. The Kier molecular flexibility index (Phi) is 6.73. The van der Waals surface area contributed by atoms with E-state index in [9.17, 15) is 9.59 Å². The molecule has 1 aromatic rings. The predicted octanol–water partition coefficient (Wildman–Crippen LogP) is 1.04. The van der Waals surface area contributed by atoms with Crippen molar-refractivity contribution in [2.45, 2.75) is 26.3 Å². The quantitative estimate of drug-likeness (QED) is 0.783. The third kappa shape index (κ3) is 5.01. The topological polar surface area (TPSA) is 69.6 Å². The molecule has 1 unspecified atom stereocenters. The van der Waals surface area contributed by atoms with Crippen LogP contribution in [0.5, 0.6) is 0 Å².